The first-order valence-electron chi connectivity index (χ1n) is 8.35. The molecule has 4 N–H and O–H groups in total. The zero-order valence-electron chi connectivity index (χ0n) is 14.1. The summed E-state index contributed by atoms with van der Waals surface area (Å²) in [7, 11) is 0. The van der Waals surface area contributed by atoms with E-state index in [1.807, 2.05) is 26.0 Å². The van der Waals surface area contributed by atoms with Gasteiger partial charge >= 0.3 is 0 Å². The van der Waals surface area contributed by atoms with Gasteiger partial charge in [-0.05, 0) is 37.1 Å². The van der Waals surface area contributed by atoms with Gasteiger partial charge in [0.15, 0.2) is 0 Å². The zero-order chi connectivity index (χ0) is 16.8. The van der Waals surface area contributed by atoms with Crippen molar-refractivity contribution in [2.24, 2.45) is 0 Å². The molecule has 0 aliphatic carbocycles. The summed E-state index contributed by atoms with van der Waals surface area (Å²) in [5, 5.41) is 19.9. The molecule has 2 rings (SSSR count). The van der Waals surface area contributed by atoms with Gasteiger partial charge in [-0.15, -0.1) is 0 Å². The highest BCUT2D eigenvalue weighted by atomic mass is 35.5. The van der Waals surface area contributed by atoms with Gasteiger partial charge in [-0.2, -0.15) is 0 Å². The molecule has 1 heterocycles. The molecule has 5 nitrogen and oxygen atoms in total. The average molecular weight is 345 g/mol. The molecule has 23 heavy (non-hydrogen) atoms. The lowest BCUT2D eigenvalue weighted by Gasteiger charge is -2.30. The second-order valence-electron chi connectivity index (χ2n) is 6.51. The van der Waals surface area contributed by atoms with Crippen LogP contribution >= 0.6 is 11.6 Å². The third kappa shape index (κ3) is 5.62. The Morgan fingerprint density at radius 3 is 2.26 bits per heavy atom. The van der Waals surface area contributed by atoms with Gasteiger partial charge in [0.05, 0.1) is 6.61 Å². The topological polar surface area (TPSA) is 58.6 Å². The minimum atomic E-state index is -0.472. The van der Waals surface area contributed by atoms with E-state index in [-0.39, 0.29) is 6.61 Å². The van der Waals surface area contributed by atoms with E-state index in [2.05, 4.69) is 0 Å². The summed E-state index contributed by atoms with van der Waals surface area (Å²) in [6.45, 7) is 10.2. The van der Waals surface area contributed by atoms with E-state index >= 15 is 0 Å². The van der Waals surface area contributed by atoms with E-state index in [4.69, 9.17) is 21.4 Å². The lowest BCUT2D eigenvalue weighted by Crippen LogP contribution is -3.28. The maximum absolute atomic E-state index is 10.2. The van der Waals surface area contributed by atoms with Crippen molar-refractivity contribution >= 4 is 11.6 Å². The third-order valence-corrected chi connectivity index (χ3v) is 5.10. The van der Waals surface area contributed by atoms with Crippen LogP contribution in [-0.4, -0.2) is 68.8 Å². The minimum Gasteiger partial charge on any atom is -0.491 e. The molecule has 1 atom stereocenters. The standard InChI is InChI=1S/C17H27ClN2O3/c1-13-9-16(10-14(2)17(13)18)23-12-15(22)11-20-5-3-19(4-6-20)7-8-21/h9-10,15,21-22H,3-8,11-12H2,1-2H3/p+2/t15-/m1/s1. The Kier molecular flexibility index (Phi) is 7.11. The summed E-state index contributed by atoms with van der Waals surface area (Å²) in [5.41, 5.74) is 1.98. The van der Waals surface area contributed by atoms with Crippen LogP contribution in [0.5, 0.6) is 5.75 Å². The minimum absolute atomic E-state index is 0.251. The number of nitrogens with one attached hydrogen (secondary N) is 2. The summed E-state index contributed by atoms with van der Waals surface area (Å²) in [6.07, 6.45) is -0.472. The lowest BCUT2D eigenvalue weighted by molar-refractivity contribution is -1.01. The van der Waals surface area contributed by atoms with Crippen LogP contribution in [0.3, 0.4) is 0 Å². The maximum atomic E-state index is 10.2. The van der Waals surface area contributed by atoms with Crippen LogP contribution in [0.25, 0.3) is 0 Å². The number of benzene rings is 1. The number of piperazine rings is 1. The molecule has 1 aliphatic heterocycles. The van der Waals surface area contributed by atoms with Gasteiger partial charge < -0.3 is 24.7 Å². The summed E-state index contributed by atoms with van der Waals surface area (Å²) >= 11 is 6.15. The Hall–Kier alpha value is -0.850. The molecule has 1 aromatic rings. The highest BCUT2D eigenvalue weighted by Crippen LogP contribution is 2.25. The van der Waals surface area contributed by atoms with E-state index in [1.54, 1.807) is 0 Å². The smallest absolute Gasteiger partial charge is 0.137 e. The molecule has 1 saturated heterocycles. The number of aliphatic hydroxyl groups is 2. The van der Waals surface area contributed by atoms with E-state index in [1.165, 1.54) is 9.80 Å². The van der Waals surface area contributed by atoms with Crippen LogP contribution in [-0.2, 0) is 0 Å². The van der Waals surface area contributed by atoms with Crippen molar-refractivity contribution in [2.45, 2.75) is 20.0 Å². The van der Waals surface area contributed by atoms with Crippen LogP contribution in [0, 0.1) is 13.8 Å². The normalized spacial score (nSPS) is 22.8. The largest absolute Gasteiger partial charge is 0.491 e. The van der Waals surface area contributed by atoms with Gasteiger partial charge in [0, 0.05) is 5.02 Å². The number of ether oxygens (including phenoxy) is 1. The van der Waals surface area contributed by atoms with Crippen LogP contribution in [0.2, 0.25) is 5.02 Å². The molecule has 0 amide bonds. The van der Waals surface area contributed by atoms with Crippen molar-refractivity contribution in [3.8, 4) is 5.75 Å². The SMILES string of the molecule is Cc1cc(OC[C@H](O)C[NH+]2CC[NH+](CCO)CC2)cc(C)c1Cl. The Morgan fingerprint density at radius 1 is 1.13 bits per heavy atom. The Labute approximate surface area is 143 Å². The highest BCUT2D eigenvalue weighted by Gasteiger charge is 2.24. The summed E-state index contributed by atoms with van der Waals surface area (Å²) in [5.74, 6) is 0.760. The van der Waals surface area contributed by atoms with Crippen molar-refractivity contribution < 1.29 is 24.7 Å². The molecule has 1 aromatic carbocycles. The molecule has 1 fully saturated rings. The van der Waals surface area contributed by atoms with Gasteiger partial charge in [0.2, 0.25) is 0 Å². The first kappa shape index (κ1) is 18.5. The Bertz CT molecular complexity index is 482. The Balaban J connectivity index is 1.74. The van der Waals surface area contributed by atoms with Gasteiger partial charge in [0.1, 0.15) is 57.7 Å². The average Bonchev–Trinajstić information content (AvgIpc) is 2.52. The van der Waals surface area contributed by atoms with Crippen molar-refractivity contribution in [3.63, 3.8) is 0 Å². The molecular weight excluding hydrogens is 316 g/mol. The maximum Gasteiger partial charge on any atom is 0.137 e. The molecule has 0 unspecified atom stereocenters. The zero-order valence-corrected chi connectivity index (χ0v) is 14.8. The predicted molar refractivity (Wildman–Crippen MR) is 90.6 cm³/mol. The summed E-state index contributed by atoms with van der Waals surface area (Å²) in [4.78, 5) is 2.86. The molecule has 1 aliphatic rings. The van der Waals surface area contributed by atoms with Gasteiger partial charge in [0.25, 0.3) is 0 Å². The molecule has 0 spiro atoms. The van der Waals surface area contributed by atoms with Crippen LogP contribution in [0.15, 0.2) is 12.1 Å². The lowest BCUT2D eigenvalue weighted by atomic mass is 10.1. The fourth-order valence-electron chi connectivity index (χ4n) is 3.14. The molecule has 0 bridgehead atoms. The van der Waals surface area contributed by atoms with Crippen molar-refractivity contribution in [2.75, 3.05) is 52.5 Å². The second kappa shape index (κ2) is 8.85. The quantitative estimate of drug-likeness (QED) is 0.485. The summed E-state index contributed by atoms with van der Waals surface area (Å²) in [6, 6.07) is 3.82. The fourth-order valence-corrected chi connectivity index (χ4v) is 3.25. The first-order chi connectivity index (χ1) is 11.0. The molecule has 0 saturated carbocycles. The van der Waals surface area contributed by atoms with Crippen LogP contribution in [0.1, 0.15) is 11.1 Å². The third-order valence-electron chi connectivity index (χ3n) is 4.51. The number of halogens is 1. The Morgan fingerprint density at radius 2 is 1.70 bits per heavy atom. The van der Waals surface area contributed by atoms with Crippen molar-refractivity contribution in [1.82, 2.24) is 0 Å². The number of aryl methyl sites for hydroxylation is 2. The summed E-state index contributed by atoms with van der Waals surface area (Å²) < 4.78 is 5.73. The molecule has 130 valence electrons. The molecular formula is C17H29ClN2O3+2. The highest BCUT2D eigenvalue weighted by molar-refractivity contribution is 6.32. The number of quaternary nitrogens is 2. The van der Waals surface area contributed by atoms with Crippen molar-refractivity contribution in [1.29, 1.82) is 0 Å². The van der Waals surface area contributed by atoms with Gasteiger partial charge in [-0.1, -0.05) is 11.6 Å². The van der Waals surface area contributed by atoms with Crippen LogP contribution in [0.4, 0.5) is 0 Å². The fraction of sp³-hybridized carbons (Fsp3) is 0.647. The number of aliphatic hydroxyl groups excluding tert-OH is 2. The number of hydrogen-bond donors (Lipinski definition) is 4. The second-order valence-corrected chi connectivity index (χ2v) is 6.89. The predicted octanol–water partition coefficient (Wildman–Crippen LogP) is -1.53. The number of rotatable bonds is 7. The first-order valence-corrected chi connectivity index (χ1v) is 8.73. The van der Waals surface area contributed by atoms with E-state index < -0.39 is 6.10 Å². The molecule has 0 aromatic heterocycles. The van der Waals surface area contributed by atoms with Gasteiger partial charge in [-0.25, -0.2) is 0 Å². The molecule has 6 heteroatoms. The van der Waals surface area contributed by atoms with Crippen LogP contribution < -0.4 is 14.5 Å². The molecule has 0 radical (unpaired) electrons. The van der Waals surface area contributed by atoms with E-state index in [9.17, 15) is 5.11 Å². The monoisotopic (exact) mass is 344 g/mol. The van der Waals surface area contributed by atoms with Gasteiger partial charge in [-0.3, -0.25) is 0 Å². The van der Waals surface area contributed by atoms with E-state index in [0.717, 1.165) is 54.6 Å². The van der Waals surface area contributed by atoms with Crippen molar-refractivity contribution in [3.05, 3.63) is 28.3 Å². The van der Waals surface area contributed by atoms with E-state index in [0.29, 0.717) is 13.2 Å². The number of hydrogen-bond acceptors (Lipinski definition) is 3.